The number of benzene rings is 1. The fourth-order valence-corrected chi connectivity index (χ4v) is 4.86. The number of hydrogen-bond acceptors (Lipinski definition) is 4. The van der Waals surface area contributed by atoms with Crippen molar-refractivity contribution >= 4 is 39.2 Å². The Kier molecular flexibility index (Phi) is 5.07. The van der Waals surface area contributed by atoms with Crippen LogP contribution in [0.25, 0.3) is 21.9 Å². The molecule has 4 rings (SSSR count). The average molecular weight is 382 g/mol. The molecular weight excluding hydrogens is 358 g/mol. The third kappa shape index (κ3) is 3.95. The molecule has 0 amide bonds. The molecule has 2 aromatic heterocycles. The van der Waals surface area contributed by atoms with Crippen molar-refractivity contribution in [3.8, 4) is 0 Å². The zero-order chi connectivity index (χ0) is 18.8. The number of para-hydroxylation sites is 1. The van der Waals surface area contributed by atoms with Gasteiger partial charge < -0.3 is 5.11 Å². The van der Waals surface area contributed by atoms with Crippen molar-refractivity contribution in [2.45, 2.75) is 44.4 Å². The number of carboxylic acid groups (broad SMARTS) is 1. The smallest absolute Gasteiger partial charge is 0.307 e. The van der Waals surface area contributed by atoms with Crippen LogP contribution in [0.3, 0.4) is 0 Å². The lowest BCUT2D eigenvalue weighted by Crippen LogP contribution is -2.07. The van der Waals surface area contributed by atoms with Gasteiger partial charge in [-0.25, -0.2) is 4.98 Å². The van der Waals surface area contributed by atoms with Gasteiger partial charge in [-0.15, -0.1) is 11.3 Å². The zero-order valence-corrected chi connectivity index (χ0v) is 16.2. The molecule has 0 bridgehead atoms. The number of carboxylic acids is 1. The summed E-state index contributed by atoms with van der Waals surface area (Å²) in [5.74, 6) is -0.378. The quantitative estimate of drug-likeness (QED) is 0.668. The van der Waals surface area contributed by atoms with Gasteiger partial charge in [0.1, 0.15) is 5.01 Å². The van der Waals surface area contributed by atoms with E-state index in [4.69, 9.17) is 5.10 Å². The number of carbonyl (C=O) groups is 1. The summed E-state index contributed by atoms with van der Waals surface area (Å²) >= 11 is 1.54. The summed E-state index contributed by atoms with van der Waals surface area (Å²) in [7, 11) is 1.93. The summed E-state index contributed by atoms with van der Waals surface area (Å²) in [6, 6.07) is 7.92. The first-order valence-electron chi connectivity index (χ1n) is 9.42. The normalized spacial score (nSPS) is 16.1. The molecule has 0 radical (unpaired) electrons. The molecule has 1 aromatic carbocycles. The third-order valence-electron chi connectivity index (χ3n) is 5.12. The van der Waals surface area contributed by atoms with Gasteiger partial charge in [0.05, 0.1) is 22.3 Å². The molecule has 1 fully saturated rings. The number of nitrogens with zero attached hydrogens (tertiary/aromatic N) is 3. The van der Waals surface area contributed by atoms with Gasteiger partial charge in [0.2, 0.25) is 0 Å². The Morgan fingerprint density at radius 1 is 1.30 bits per heavy atom. The Hall–Kier alpha value is -2.47. The van der Waals surface area contributed by atoms with Crippen molar-refractivity contribution in [1.29, 1.82) is 0 Å². The van der Waals surface area contributed by atoms with E-state index in [-0.39, 0.29) is 6.42 Å². The van der Waals surface area contributed by atoms with Crippen LogP contribution in [0.2, 0.25) is 0 Å². The zero-order valence-electron chi connectivity index (χ0n) is 15.4. The fourth-order valence-electron chi connectivity index (χ4n) is 3.88. The second kappa shape index (κ2) is 7.64. The first-order valence-corrected chi connectivity index (χ1v) is 10.2. The predicted molar refractivity (Wildman–Crippen MR) is 109 cm³/mol. The Morgan fingerprint density at radius 2 is 2.07 bits per heavy atom. The van der Waals surface area contributed by atoms with Crippen molar-refractivity contribution in [2.75, 3.05) is 0 Å². The molecule has 6 heteroatoms. The van der Waals surface area contributed by atoms with Crippen LogP contribution in [0.5, 0.6) is 0 Å². The number of aromatic nitrogens is 3. The lowest BCUT2D eigenvalue weighted by Gasteiger charge is -2.20. The maximum absolute atomic E-state index is 11.5. The highest BCUT2D eigenvalue weighted by molar-refractivity contribution is 7.19. The summed E-state index contributed by atoms with van der Waals surface area (Å²) in [5, 5.41) is 14.9. The van der Waals surface area contributed by atoms with Crippen LogP contribution in [0.15, 0.2) is 30.5 Å². The first-order chi connectivity index (χ1) is 13.1. The minimum Gasteiger partial charge on any atom is -0.481 e. The lowest BCUT2D eigenvalue weighted by atomic mass is 9.85. The largest absolute Gasteiger partial charge is 0.481 e. The summed E-state index contributed by atoms with van der Waals surface area (Å²) < 4.78 is 2.91. The Bertz CT molecular complexity index is 963. The van der Waals surface area contributed by atoms with Crippen molar-refractivity contribution in [2.24, 2.45) is 7.05 Å². The average Bonchev–Trinajstić information content (AvgIpc) is 3.25. The molecule has 0 unspecified atom stereocenters. The molecule has 2 heterocycles. The van der Waals surface area contributed by atoms with Gasteiger partial charge in [0.15, 0.2) is 0 Å². The van der Waals surface area contributed by atoms with E-state index < -0.39 is 5.97 Å². The molecule has 1 aliphatic rings. The van der Waals surface area contributed by atoms with E-state index in [1.165, 1.54) is 19.3 Å². The molecule has 5 nitrogen and oxygen atoms in total. The number of aryl methyl sites for hydroxylation is 1. The molecular formula is C21H23N3O2S. The Morgan fingerprint density at radius 3 is 2.81 bits per heavy atom. The Balaban J connectivity index is 1.76. The number of thiazole rings is 1. The van der Waals surface area contributed by atoms with Crippen molar-refractivity contribution in [3.05, 3.63) is 46.7 Å². The summed E-state index contributed by atoms with van der Waals surface area (Å²) in [6.45, 7) is 0. The maximum Gasteiger partial charge on any atom is 0.307 e. The highest BCUT2D eigenvalue weighted by Crippen LogP contribution is 2.36. The molecule has 1 saturated carbocycles. The Labute approximate surface area is 162 Å². The van der Waals surface area contributed by atoms with Gasteiger partial charge in [0.25, 0.3) is 0 Å². The predicted octanol–water partition coefficient (Wildman–Crippen LogP) is 5.09. The monoisotopic (exact) mass is 381 g/mol. The number of rotatable bonds is 5. The lowest BCUT2D eigenvalue weighted by molar-refractivity contribution is -0.135. The van der Waals surface area contributed by atoms with Crippen LogP contribution >= 0.6 is 11.3 Å². The summed E-state index contributed by atoms with van der Waals surface area (Å²) in [4.78, 5) is 16.2. The molecule has 27 heavy (non-hydrogen) atoms. The number of hydrogen-bond donors (Lipinski definition) is 1. The highest BCUT2D eigenvalue weighted by atomic mass is 32.1. The fraction of sp³-hybridized carbons (Fsp3) is 0.381. The molecule has 1 N–H and O–H groups in total. The van der Waals surface area contributed by atoms with Crippen LogP contribution in [-0.4, -0.2) is 25.8 Å². The van der Waals surface area contributed by atoms with Gasteiger partial charge in [0, 0.05) is 24.7 Å². The molecule has 0 spiro atoms. The SMILES string of the molecule is Cn1cc(/C=C(\CC(=O)O)c2nc3ccccc3s2)c(C2CCCCC2)n1. The van der Waals surface area contributed by atoms with E-state index in [1.807, 2.05) is 48.3 Å². The van der Waals surface area contributed by atoms with Crippen molar-refractivity contribution in [3.63, 3.8) is 0 Å². The van der Waals surface area contributed by atoms with Gasteiger partial charge in [-0.05, 0) is 36.6 Å². The minimum absolute atomic E-state index is 0.0428. The van der Waals surface area contributed by atoms with Crippen molar-refractivity contribution in [1.82, 2.24) is 14.8 Å². The van der Waals surface area contributed by atoms with Gasteiger partial charge in [-0.2, -0.15) is 5.10 Å². The molecule has 140 valence electrons. The topological polar surface area (TPSA) is 68.0 Å². The van der Waals surface area contributed by atoms with E-state index >= 15 is 0 Å². The third-order valence-corrected chi connectivity index (χ3v) is 6.23. The van der Waals surface area contributed by atoms with E-state index in [2.05, 4.69) is 4.98 Å². The van der Waals surface area contributed by atoms with E-state index in [9.17, 15) is 9.90 Å². The van der Waals surface area contributed by atoms with Gasteiger partial charge >= 0.3 is 5.97 Å². The molecule has 3 aromatic rings. The van der Waals surface area contributed by atoms with Crippen LogP contribution < -0.4 is 0 Å². The second-order valence-corrected chi connectivity index (χ2v) is 8.24. The van der Waals surface area contributed by atoms with Crippen LogP contribution in [-0.2, 0) is 11.8 Å². The van der Waals surface area contributed by atoms with Gasteiger partial charge in [-0.1, -0.05) is 31.4 Å². The minimum atomic E-state index is -0.844. The van der Waals surface area contributed by atoms with Crippen LogP contribution in [0, 0.1) is 0 Å². The number of aliphatic carboxylic acids is 1. The van der Waals surface area contributed by atoms with Crippen LogP contribution in [0.4, 0.5) is 0 Å². The molecule has 0 saturated heterocycles. The van der Waals surface area contributed by atoms with Gasteiger partial charge in [-0.3, -0.25) is 9.48 Å². The van der Waals surface area contributed by atoms with Crippen LogP contribution in [0.1, 0.15) is 60.7 Å². The maximum atomic E-state index is 11.5. The standard InChI is InChI=1S/C21H23N3O2S/c1-24-13-16(20(23-24)14-7-3-2-4-8-14)11-15(12-19(25)26)21-22-17-9-5-6-10-18(17)27-21/h5-6,9-11,13-14H,2-4,7-8,12H2,1H3,(H,25,26)/b15-11+. The van der Waals surface area contributed by atoms with Crippen molar-refractivity contribution < 1.29 is 9.90 Å². The summed E-state index contributed by atoms with van der Waals surface area (Å²) in [6.07, 6.45) is 10.0. The van der Waals surface area contributed by atoms with E-state index in [1.54, 1.807) is 11.3 Å². The van der Waals surface area contributed by atoms with E-state index in [0.29, 0.717) is 5.92 Å². The molecule has 0 atom stereocenters. The first kappa shape index (κ1) is 17.9. The second-order valence-electron chi connectivity index (χ2n) is 7.21. The molecule has 0 aliphatic heterocycles. The van der Waals surface area contributed by atoms with E-state index in [0.717, 1.165) is 44.9 Å². The molecule has 1 aliphatic carbocycles. The number of fused-ring (bicyclic) bond motifs is 1. The highest BCUT2D eigenvalue weighted by Gasteiger charge is 2.22. The summed E-state index contributed by atoms with van der Waals surface area (Å²) in [5.41, 5.74) is 3.78.